The number of benzene rings is 1. The second-order valence-corrected chi connectivity index (χ2v) is 5.79. The number of nitrogens with zero attached hydrogens (tertiary/aromatic N) is 1. The van der Waals surface area contributed by atoms with Gasteiger partial charge in [0.2, 0.25) is 0 Å². The van der Waals surface area contributed by atoms with Crippen molar-refractivity contribution in [3.63, 3.8) is 0 Å². The predicted octanol–water partition coefficient (Wildman–Crippen LogP) is 5.30. The number of halogens is 9. The Labute approximate surface area is 130 Å². The maximum Gasteiger partial charge on any atom is 0.417 e. The summed E-state index contributed by atoms with van der Waals surface area (Å²) in [5.74, 6) is -0.798. The van der Waals surface area contributed by atoms with E-state index in [4.69, 9.17) is 0 Å². The Kier molecular flexibility index (Phi) is 4.47. The summed E-state index contributed by atoms with van der Waals surface area (Å²) in [6, 6.07) is -0.717. The molecule has 13 heteroatoms. The Morgan fingerprint density at radius 3 is 1.57 bits per heavy atom. The maximum absolute atomic E-state index is 13.0. The van der Waals surface area contributed by atoms with Crippen molar-refractivity contribution in [2.45, 2.75) is 18.5 Å². The summed E-state index contributed by atoms with van der Waals surface area (Å²) in [7, 11) is 1.19. The van der Waals surface area contributed by atoms with Gasteiger partial charge in [0.25, 0.3) is 0 Å². The van der Waals surface area contributed by atoms with Crippen LogP contribution >= 0.6 is 22.0 Å². The zero-order chi connectivity index (χ0) is 17.6. The fourth-order valence-corrected chi connectivity index (χ4v) is 2.99. The summed E-state index contributed by atoms with van der Waals surface area (Å²) >= 11 is 0. The van der Waals surface area contributed by atoms with E-state index in [9.17, 15) is 39.5 Å². The van der Waals surface area contributed by atoms with E-state index in [2.05, 4.69) is 9.12 Å². The van der Waals surface area contributed by atoms with Gasteiger partial charge in [-0.3, -0.25) is 0 Å². The molecular weight excluding hydrogens is 383 g/mol. The third-order valence-electron chi connectivity index (χ3n) is 2.62. The molecule has 0 radical (unpaired) electrons. The molecule has 0 amide bonds. The molecule has 128 valence electrons. The lowest BCUT2D eigenvalue weighted by atomic mass is 9.95. The Morgan fingerprint density at radius 1 is 0.783 bits per heavy atom. The average molecular weight is 386 g/mol. The van der Waals surface area contributed by atoms with E-state index in [0.29, 0.717) is 22.0 Å². The van der Waals surface area contributed by atoms with Crippen LogP contribution in [0.5, 0.6) is 0 Å². The molecule has 2 nitrogen and oxygen atoms in total. The first kappa shape index (κ1) is 18.1. The maximum atomic E-state index is 13.0. The number of hydrogen-bond acceptors (Lipinski definition) is 4. The first-order valence-electron chi connectivity index (χ1n) is 5.38. The molecule has 0 saturated heterocycles. The predicted molar refractivity (Wildman–Crippen MR) is 66.3 cm³/mol. The van der Waals surface area contributed by atoms with Crippen molar-refractivity contribution >= 4 is 27.8 Å². The Morgan fingerprint density at radius 2 is 1.26 bits per heavy atom. The third kappa shape index (κ3) is 3.82. The van der Waals surface area contributed by atoms with E-state index in [-0.39, 0.29) is 12.1 Å². The van der Waals surface area contributed by atoms with E-state index in [0.717, 1.165) is 0 Å². The van der Waals surface area contributed by atoms with Gasteiger partial charge in [-0.1, -0.05) is 0 Å². The normalized spacial score (nSPS) is 16.3. The van der Waals surface area contributed by atoms with Crippen molar-refractivity contribution in [2.75, 3.05) is 0 Å². The standard InChI is InChI=1S/C10H3F9N2S2/c11-8(12,13)3-1-4(9(14,15)16)6(7-20-22-23-21-7)5(2-3)10(17,18)19/h1-2H,(H,20,21). The molecule has 0 fully saturated rings. The van der Waals surface area contributed by atoms with Gasteiger partial charge in [0.15, 0.2) is 5.84 Å². The van der Waals surface area contributed by atoms with Gasteiger partial charge in [-0.2, -0.15) is 43.9 Å². The Bertz CT molecular complexity index is 610. The van der Waals surface area contributed by atoms with E-state index >= 15 is 0 Å². The molecule has 1 aliphatic heterocycles. The van der Waals surface area contributed by atoms with Gasteiger partial charge in [-0.25, -0.2) is 0 Å². The summed E-state index contributed by atoms with van der Waals surface area (Å²) < 4.78 is 121. The van der Waals surface area contributed by atoms with E-state index in [1.54, 1.807) is 0 Å². The van der Waals surface area contributed by atoms with Gasteiger partial charge in [0.05, 0.1) is 27.7 Å². The van der Waals surface area contributed by atoms with Crippen molar-refractivity contribution < 1.29 is 39.5 Å². The lowest BCUT2D eigenvalue weighted by Crippen LogP contribution is -2.26. The topological polar surface area (TPSA) is 24.4 Å². The molecule has 1 N–H and O–H groups in total. The van der Waals surface area contributed by atoms with Gasteiger partial charge in [-0.05, 0) is 12.1 Å². The van der Waals surface area contributed by atoms with Crippen molar-refractivity contribution in [2.24, 2.45) is 4.40 Å². The summed E-state index contributed by atoms with van der Waals surface area (Å²) in [5, 5.41) is 0. The molecule has 1 aromatic carbocycles. The summed E-state index contributed by atoms with van der Waals surface area (Å²) in [6.45, 7) is 0. The molecule has 0 bridgehead atoms. The number of alkyl halides is 9. The van der Waals surface area contributed by atoms with Gasteiger partial charge < -0.3 is 4.72 Å². The van der Waals surface area contributed by atoms with Gasteiger partial charge >= 0.3 is 18.5 Å². The summed E-state index contributed by atoms with van der Waals surface area (Å²) in [6.07, 6.45) is -16.2. The second kappa shape index (κ2) is 5.69. The first-order valence-corrected chi connectivity index (χ1v) is 7.49. The molecule has 1 aromatic rings. The van der Waals surface area contributed by atoms with Crippen molar-refractivity contribution in [3.05, 3.63) is 34.4 Å². The molecule has 1 aliphatic rings. The minimum atomic E-state index is -5.43. The Hall–Kier alpha value is -1.24. The smallest absolute Gasteiger partial charge is 0.303 e. The van der Waals surface area contributed by atoms with E-state index in [1.165, 1.54) is 0 Å². The van der Waals surface area contributed by atoms with Crippen LogP contribution in [0.4, 0.5) is 39.5 Å². The fourth-order valence-electron chi connectivity index (χ4n) is 1.74. The monoisotopic (exact) mass is 386 g/mol. The van der Waals surface area contributed by atoms with Crippen LogP contribution in [0.25, 0.3) is 0 Å². The highest BCUT2D eigenvalue weighted by atomic mass is 33.1. The van der Waals surface area contributed by atoms with Crippen molar-refractivity contribution in [3.8, 4) is 0 Å². The van der Waals surface area contributed by atoms with Gasteiger partial charge in [0, 0.05) is 16.5 Å². The highest BCUT2D eigenvalue weighted by molar-refractivity contribution is 8.76. The molecule has 1 heterocycles. The number of rotatable bonds is 1. The van der Waals surface area contributed by atoms with Crippen LogP contribution in [0.3, 0.4) is 0 Å². The van der Waals surface area contributed by atoms with Crippen LogP contribution in [0.2, 0.25) is 0 Å². The minimum Gasteiger partial charge on any atom is -0.303 e. The van der Waals surface area contributed by atoms with Gasteiger partial charge in [0.1, 0.15) is 0 Å². The van der Waals surface area contributed by atoms with Crippen LogP contribution in [-0.4, -0.2) is 5.84 Å². The third-order valence-corrected chi connectivity index (χ3v) is 3.92. The quantitative estimate of drug-likeness (QED) is 0.403. The van der Waals surface area contributed by atoms with Crippen LogP contribution < -0.4 is 4.72 Å². The first-order chi connectivity index (χ1) is 10.3. The van der Waals surface area contributed by atoms with E-state index < -0.39 is 46.6 Å². The second-order valence-electron chi connectivity index (χ2n) is 4.14. The van der Waals surface area contributed by atoms with Gasteiger partial charge in [-0.15, -0.1) is 0 Å². The van der Waals surface area contributed by atoms with Crippen LogP contribution in [0.15, 0.2) is 16.5 Å². The largest absolute Gasteiger partial charge is 0.417 e. The molecule has 0 aromatic heterocycles. The van der Waals surface area contributed by atoms with Crippen LogP contribution in [-0.2, 0) is 18.5 Å². The lowest BCUT2D eigenvalue weighted by Gasteiger charge is -2.21. The number of nitrogens with one attached hydrogen (secondary N) is 1. The molecule has 0 unspecified atom stereocenters. The molecule has 2 rings (SSSR count). The molecule has 0 spiro atoms. The summed E-state index contributed by atoms with van der Waals surface area (Å²) in [5.41, 5.74) is -7.63. The lowest BCUT2D eigenvalue weighted by molar-refractivity contribution is -0.148. The fraction of sp³-hybridized carbons (Fsp3) is 0.300. The molecular formula is C10H3F9N2S2. The zero-order valence-electron chi connectivity index (χ0n) is 10.3. The van der Waals surface area contributed by atoms with E-state index in [1.807, 2.05) is 0 Å². The SMILES string of the molecule is FC(F)(F)c1cc(C(F)(F)F)c(C2=NSSN2)c(C(F)(F)F)c1. The van der Waals surface area contributed by atoms with Crippen LogP contribution in [0, 0.1) is 0 Å². The Balaban J connectivity index is 2.86. The van der Waals surface area contributed by atoms with Crippen LogP contribution in [0.1, 0.15) is 22.3 Å². The highest BCUT2D eigenvalue weighted by Crippen LogP contribution is 2.44. The molecule has 0 saturated carbocycles. The van der Waals surface area contributed by atoms with Crippen molar-refractivity contribution in [1.29, 1.82) is 0 Å². The number of amidine groups is 1. The molecule has 23 heavy (non-hydrogen) atoms. The van der Waals surface area contributed by atoms with Crippen molar-refractivity contribution in [1.82, 2.24) is 4.72 Å². The summed E-state index contributed by atoms with van der Waals surface area (Å²) in [4.78, 5) is 0. The average Bonchev–Trinajstić information content (AvgIpc) is 2.87. The molecule has 0 aliphatic carbocycles. The number of hydrogen-bond donors (Lipinski definition) is 1. The highest BCUT2D eigenvalue weighted by Gasteiger charge is 2.46. The zero-order valence-corrected chi connectivity index (χ0v) is 12.0. The minimum absolute atomic E-state index is 0.359. The molecule has 0 atom stereocenters.